The molecule has 2 aromatic carbocycles. The maximum Gasteiger partial charge on any atom is 0.161 e. The zero-order chi connectivity index (χ0) is 23.8. The van der Waals surface area contributed by atoms with E-state index in [1.807, 2.05) is 47.2 Å². The molecular weight excluding hydrogens is 430 g/mol. The van der Waals surface area contributed by atoms with Crippen molar-refractivity contribution in [3.63, 3.8) is 0 Å². The normalized spacial score (nSPS) is 18.9. The smallest absolute Gasteiger partial charge is 0.161 e. The van der Waals surface area contributed by atoms with E-state index in [2.05, 4.69) is 22.9 Å². The number of aliphatic hydroxyl groups is 1. The van der Waals surface area contributed by atoms with Crippen LogP contribution in [-0.4, -0.2) is 58.6 Å². The molecule has 0 aliphatic carbocycles. The summed E-state index contributed by atoms with van der Waals surface area (Å²) in [5.74, 6) is 2.28. The van der Waals surface area contributed by atoms with Crippen LogP contribution in [0.4, 0.5) is 0 Å². The SMILES string of the molecule is COc1cc(CN2CCCC(O)(COc3ccc(C)cc3)CC2)ccc1OCCn1ccnc1. The van der Waals surface area contributed by atoms with Crippen LogP contribution in [0.1, 0.15) is 30.4 Å². The molecule has 4 rings (SSSR count). The second-order valence-corrected chi connectivity index (χ2v) is 9.09. The number of ether oxygens (including phenoxy) is 3. The fourth-order valence-corrected chi connectivity index (χ4v) is 4.26. The molecule has 1 aliphatic heterocycles. The van der Waals surface area contributed by atoms with Gasteiger partial charge in [-0.1, -0.05) is 23.8 Å². The van der Waals surface area contributed by atoms with Crippen molar-refractivity contribution in [2.45, 2.75) is 44.9 Å². The van der Waals surface area contributed by atoms with E-state index in [1.54, 1.807) is 19.6 Å². The van der Waals surface area contributed by atoms with E-state index in [4.69, 9.17) is 14.2 Å². The van der Waals surface area contributed by atoms with E-state index in [9.17, 15) is 5.11 Å². The Hall–Kier alpha value is -3.03. The van der Waals surface area contributed by atoms with Crippen LogP contribution in [0.5, 0.6) is 17.2 Å². The molecule has 1 aliphatic rings. The molecule has 0 spiro atoms. The number of methoxy groups -OCH3 is 1. The number of rotatable bonds is 10. The third kappa shape index (κ3) is 6.74. The fourth-order valence-electron chi connectivity index (χ4n) is 4.26. The molecule has 1 atom stereocenters. The minimum Gasteiger partial charge on any atom is -0.493 e. The van der Waals surface area contributed by atoms with Crippen molar-refractivity contribution in [2.75, 3.05) is 33.4 Å². The number of nitrogens with zero attached hydrogens (tertiary/aromatic N) is 3. The van der Waals surface area contributed by atoms with Crippen LogP contribution in [0, 0.1) is 6.92 Å². The van der Waals surface area contributed by atoms with Crippen molar-refractivity contribution < 1.29 is 19.3 Å². The topological polar surface area (TPSA) is 69.0 Å². The molecule has 34 heavy (non-hydrogen) atoms. The van der Waals surface area contributed by atoms with E-state index in [1.165, 1.54) is 11.1 Å². The molecular formula is C27H35N3O4. The Bertz CT molecular complexity index is 1020. The van der Waals surface area contributed by atoms with Gasteiger partial charge in [0.2, 0.25) is 0 Å². The highest BCUT2D eigenvalue weighted by molar-refractivity contribution is 5.43. The summed E-state index contributed by atoms with van der Waals surface area (Å²) in [5.41, 5.74) is 1.56. The molecule has 2 heterocycles. The monoisotopic (exact) mass is 465 g/mol. The third-order valence-corrected chi connectivity index (χ3v) is 6.34. The van der Waals surface area contributed by atoms with E-state index < -0.39 is 5.60 Å². The van der Waals surface area contributed by atoms with Crippen molar-refractivity contribution in [2.24, 2.45) is 0 Å². The predicted molar refractivity (Wildman–Crippen MR) is 131 cm³/mol. The summed E-state index contributed by atoms with van der Waals surface area (Å²) in [6, 6.07) is 14.1. The van der Waals surface area contributed by atoms with Gasteiger partial charge in [0.25, 0.3) is 0 Å². The van der Waals surface area contributed by atoms with Gasteiger partial charge < -0.3 is 23.9 Å². The molecule has 0 saturated carbocycles. The minimum absolute atomic E-state index is 0.322. The van der Waals surface area contributed by atoms with Gasteiger partial charge in [0, 0.05) is 25.5 Å². The summed E-state index contributed by atoms with van der Waals surface area (Å²) in [4.78, 5) is 6.43. The summed E-state index contributed by atoms with van der Waals surface area (Å²) < 4.78 is 19.4. The minimum atomic E-state index is -0.801. The van der Waals surface area contributed by atoms with E-state index in [-0.39, 0.29) is 0 Å². The van der Waals surface area contributed by atoms with Gasteiger partial charge in [-0.3, -0.25) is 4.90 Å². The van der Waals surface area contributed by atoms with Crippen LogP contribution >= 0.6 is 0 Å². The van der Waals surface area contributed by atoms with Crippen molar-refractivity contribution in [3.8, 4) is 17.2 Å². The lowest BCUT2D eigenvalue weighted by Crippen LogP contribution is -2.37. The molecule has 0 bridgehead atoms. The molecule has 1 unspecified atom stereocenters. The van der Waals surface area contributed by atoms with Crippen LogP contribution in [0.15, 0.2) is 61.2 Å². The van der Waals surface area contributed by atoms with Crippen LogP contribution in [-0.2, 0) is 13.1 Å². The molecule has 3 aromatic rings. The van der Waals surface area contributed by atoms with Gasteiger partial charge in [-0.2, -0.15) is 0 Å². The largest absolute Gasteiger partial charge is 0.493 e. The maximum absolute atomic E-state index is 11.1. The quantitative estimate of drug-likeness (QED) is 0.487. The number of likely N-dealkylation sites (tertiary alicyclic amines) is 1. The second kappa shape index (κ2) is 11.4. The Morgan fingerprint density at radius 3 is 2.65 bits per heavy atom. The maximum atomic E-state index is 11.1. The average molecular weight is 466 g/mol. The first kappa shape index (κ1) is 24.1. The highest BCUT2D eigenvalue weighted by atomic mass is 16.5. The Morgan fingerprint density at radius 1 is 1.03 bits per heavy atom. The number of imidazole rings is 1. The molecule has 1 fully saturated rings. The van der Waals surface area contributed by atoms with Crippen molar-refractivity contribution in [3.05, 3.63) is 72.3 Å². The van der Waals surface area contributed by atoms with Gasteiger partial charge in [-0.15, -0.1) is 0 Å². The van der Waals surface area contributed by atoms with Crippen LogP contribution < -0.4 is 14.2 Å². The molecule has 0 radical (unpaired) electrons. The number of hydrogen-bond acceptors (Lipinski definition) is 6. The molecule has 1 saturated heterocycles. The van der Waals surface area contributed by atoms with E-state index >= 15 is 0 Å². The fraction of sp³-hybridized carbons (Fsp3) is 0.444. The Kier molecular flexibility index (Phi) is 8.08. The van der Waals surface area contributed by atoms with Crippen molar-refractivity contribution in [1.29, 1.82) is 0 Å². The number of aryl methyl sites for hydroxylation is 1. The first-order valence-corrected chi connectivity index (χ1v) is 11.9. The summed E-state index contributed by atoms with van der Waals surface area (Å²) in [6.45, 7) is 6.22. The lowest BCUT2D eigenvalue weighted by molar-refractivity contribution is -0.0168. The summed E-state index contributed by atoms with van der Waals surface area (Å²) in [6.07, 6.45) is 7.81. The van der Waals surface area contributed by atoms with Gasteiger partial charge in [-0.05, 0) is 62.6 Å². The Morgan fingerprint density at radius 2 is 1.88 bits per heavy atom. The van der Waals surface area contributed by atoms with E-state index in [0.717, 1.165) is 56.3 Å². The molecule has 182 valence electrons. The van der Waals surface area contributed by atoms with Crippen LogP contribution in [0.2, 0.25) is 0 Å². The number of hydrogen-bond donors (Lipinski definition) is 1. The highest BCUT2D eigenvalue weighted by Gasteiger charge is 2.31. The summed E-state index contributed by atoms with van der Waals surface area (Å²) in [5, 5.41) is 11.1. The zero-order valence-corrected chi connectivity index (χ0v) is 20.2. The van der Waals surface area contributed by atoms with Gasteiger partial charge >= 0.3 is 0 Å². The lowest BCUT2D eigenvalue weighted by atomic mass is 9.96. The first-order valence-electron chi connectivity index (χ1n) is 11.9. The number of aromatic nitrogens is 2. The average Bonchev–Trinajstić information content (AvgIpc) is 3.29. The van der Waals surface area contributed by atoms with Crippen LogP contribution in [0.3, 0.4) is 0 Å². The van der Waals surface area contributed by atoms with Gasteiger partial charge in [-0.25, -0.2) is 4.98 Å². The summed E-state index contributed by atoms with van der Waals surface area (Å²) >= 11 is 0. The molecule has 1 N–H and O–H groups in total. The molecule has 7 heteroatoms. The standard InChI is InChI=1S/C27H35N3O4/c1-22-4-7-24(8-5-22)34-20-27(31)10-3-13-29(14-11-27)19-23-6-9-25(26(18-23)32-2)33-17-16-30-15-12-28-21-30/h4-9,12,15,18,21,31H,3,10-11,13-14,16-17,19-20H2,1-2H3. The van der Waals surface area contributed by atoms with E-state index in [0.29, 0.717) is 19.6 Å². The number of benzene rings is 2. The third-order valence-electron chi connectivity index (χ3n) is 6.34. The molecule has 7 nitrogen and oxygen atoms in total. The van der Waals surface area contributed by atoms with Crippen molar-refractivity contribution >= 4 is 0 Å². The van der Waals surface area contributed by atoms with Crippen molar-refractivity contribution in [1.82, 2.24) is 14.5 Å². The van der Waals surface area contributed by atoms with Crippen LogP contribution in [0.25, 0.3) is 0 Å². The summed E-state index contributed by atoms with van der Waals surface area (Å²) in [7, 11) is 1.67. The molecule has 0 amide bonds. The first-order chi connectivity index (χ1) is 16.5. The van der Waals surface area contributed by atoms with Gasteiger partial charge in [0.15, 0.2) is 11.5 Å². The zero-order valence-electron chi connectivity index (χ0n) is 20.2. The Balaban J connectivity index is 1.28. The highest BCUT2D eigenvalue weighted by Crippen LogP contribution is 2.30. The van der Waals surface area contributed by atoms with Gasteiger partial charge in [0.05, 0.1) is 25.6 Å². The second-order valence-electron chi connectivity index (χ2n) is 9.09. The lowest BCUT2D eigenvalue weighted by Gasteiger charge is -2.27. The molecule has 1 aromatic heterocycles. The van der Waals surface area contributed by atoms with Gasteiger partial charge in [0.1, 0.15) is 19.0 Å². The predicted octanol–water partition coefficient (Wildman–Crippen LogP) is 4.08. The Labute approximate surface area is 201 Å².